The number of allylic oxidation sites excluding steroid dienone is 4. The first-order valence-corrected chi connectivity index (χ1v) is 2.87. The van der Waals surface area contributed by atoms with Gasteiger partial charge < -0.3 is 5.11 Å². The summed E-state index contributed by atoms with van der Waals surface area (Å²) in [5.74, 6) is -0.925. The van der Waals surface area contributed by atoms with Gasteiger partial charge in [0.05, 0.1) is 0 Å². The first-order valence-electron chi connectivity index (χ1n) is 2.87. The third-order valence-electron chi connectivity index (χ3n) is 0.846. The van der Waals surface area contributed by atoms with Crippen LogP contribution in [0.2, 0.25) is 0 Å². The first-order chi connectivity index (χ1) is 4.66. The third-order valence-corrected chi connectivity index (χ3v) is 0.846. The van der Waals surface area contributed by atoms with Gasteiger partial charge in [0.25, 0.3) is 0 Å². The molecule has 0 aromatic rings. The van der Waals surface area contributed by atoms with Crippen LogP contribution in [0.3, 0.4) is 0 Å². The second kappa shape index (κ2) is 4.56. The SMILES string of the molecule is C=CC=CC(C)=CC(=O)O. The van der Waals surface area contributed by atoms with Crippen molar-refractivity contribution in [2.24, 2.45) is 0 Å². The zero-order chi connectivity index (χ0) is 7.98. The van der Waals surface area contributed by atoms with E-state index in [4.69, 9.17) is 5.11 Å². The molecule has 0 unspecified atom stereocenters. The lowest BCUT2D eigenvalue weighted by Crippen LogP contribution is -1.87. The highest BCUT2D eigenvalue weighted by molar-refractivity contribution is 5.81. The normalized spacial score (nSPS) is 11.9. The van der Waals surface area contributed by atoms with Gasteiger partial charge in [-0.1, -0.05) is 24.8 Å². The van der Waals surface area contributed by atoms with Gasteiger partial charge in [-0.05, 0) is 12.5 Å². The zero-order valence-corrected chi connectivity index (χ0v) is 5.87. The quantitative estimate of drug-likeness (QED) is 0.476. The molecular formula is C8H10O2. The van der Waals surface area contributed by atoms with E-state index in [2.05, 4.69) is 6.58 Å². The van der Waals surface area contributed by atoms with E-state index in [1.165, 1.54) is 0 Å². The van der Waals surface area contributed by atoms with Crippen LogP contribution in [-0.4, -0.2) is 11.1 Å². The molecule has 2 heteroatoms. The molecule has 54 valence electrons. The molecule has 0 amide bonds. The highest BCUT2D eigenvalue weighted by Gasteiger charge is 1.87. The monoisotopic (exact) mass is 138 g/mol. The number of hydrogen-bond acceptors (Lipinski definition) is 1. The number of hydrogen-bond donors (Lipinski definition) is 1. The molecule has 0 saturated heterocycles. The van der Waals surface area contributed by atoms with Crippen molar-refractivity contribution in [3.05, 3.63) is 36.5 Å². The van der Waals surface area contributed by atoms with Crippen molar-refractivity contribution < 1.29 is 9.90 Å². The molecule has 2 nitrogen and oxygen atoms in total. The lowest BCUT2D eigenvalue weighted by atomic mass is 10.2. The Morgan fingerprint density at radius 1 is 1.60 bits per heavy atom. The van der Waals surface area contributed by atoms with Crippen LogP contribution in [-0.2, 0) is 4.79 Å². The molecule has 0 saturated carbocycles. The molecule has 0 aliphatic carbocycles. The number of carbonyl (C=O) groups is 1. The van der Waals surface area contributed by atoms with Gasteiger partial charge in [0, 0.05) is 6.08 Å². The van der Waals surface area contributed by atoms with Gasteiger partial charge in [-0.15, -0.1) is 0 Å². The molecule has 0 heterocycles. The maximum absolute atomic E-state index is 10.0. The van der Waals surface area contributed by atoms with Gasteiger partial charge >= 0.3 is 5.97 Å². The van der Waals surface area contributed by atoms with Crippen LogP contribution in [0.5, 0.6) is 0 Å². The van der Waals surface area contributed by atoms with Crippen molar-refractivity contribution >= 4 is 5.97 Å². The minimum Gasteiger partial charge on any atom is -0.478 e. The number of carboxylic acids is 1. The largest absolute Gasteiger partial charge is 0.478 e. The Bertz CT molecular complexity index is 187. The summed E-state index contributed by atoms with van der Waals surface area (Å²) < 4.78 is 0. The maximum atomic E-state index is 10.0. The van der Waals surface area contributed by atoms with Crippen molar-refractivity contribution in [3.8, 4) is 0 Å². The van der Waals surface area contributed by atoms with Crippen LogP contribution >= 0.6 is 0 Å². The molecule has 0 aliphatic heterocycles. The molecule has 10 heavy (non-hydrogen) atoms. The molecule has 0 atom stereocenters. The summed E-state index contributed by atoms with van der Waals surface area (Å²) in [4.78, 5) is 10.0. The maximum Gasteiger partial charge on any atom is 0.328 e. The van der Waals surface area contributed by atoms with E-state index in [1.54, 1.807) is 25.2 Å². The van der Waals surface area contributed by atoms with Gasteiger partial charge in [-0.2, -0.15) is 0 Å². The van der Waals surface area contributed by atoms with E-state index in [0.29, 0.717) is 5.57 Å². The van der Waals surface area contributed by atoms with Crippen LogP contribution in [0.25, 0.3) is 0 Å². The van der Waals surface area contributed by atoms with Crippen molar-refractivity contribution in [1.82, 2.24) is 0 Å². The molecular weight excluding hydrogens is 128 g/mol. The van der Waals surface area contributed by atoms with E-state index in [1.807, 2.05) is 0 Å². The van der Waals surface area contributed by atoms with Gasteiger partial charge in [0.2, 0.25) is 0 Å². The Hall–Kier alpha value is -1.31. The van der Waals surface area contributed by atoms with Crippen molar-refractivity contribution in [3.63, 3.8) is 0 Å². The third kappa shape index (κ3) is 4.84. The second-order valence-electron chi connectivity index (χ2n) is 1.82. The average Bonchev–Trinajstić information content (AvgIpc) is 1.82. The van der Waals surface area contributed by atoms with Gasteiger partial charge in [-0.25, -0.2) is 4.79 Å². The molecule has 0 fully saturated rings. The summed E-state index contributed by atoms with van der Waals surface area (Å²) >= 11 is 0. The lowest BCUT2D eigenvalue weighted by Gasteiger charge is -1.85. The topological polar surface area (TPSA) is 37.3 Å². The Morgan fingerprint density at radius 2 is 2.20 bits per heavy atom. The van der Waals surface area contributed by atoms with E-state index in [0.717, 1.165) is 6.08 Å². The summed E-state index contributed by atoms with van der Waals surface area (Å²) in [7, 11) is 0. The van der Waals surface area contributed by atoms with Crippen molar-refractivity contribution in [2.75, 3.05) is 0 Å². The minimum atomic E-state index is -0.925. The molecule has 0 aliphatic rings. The predicted molar refractivity (Wildman–Crippen MR) is 40.7 cm³/mol. The second-order valence-corrected chi connectivity index (χ2v) is 1.82. The van der Waals surface area contributed by atoms with E-state index in [9.17, 15) is 4.79 Å². The molecule has 0 radical (unpaired) electrons. The average molecular weight is 138 g/mol. The lowest BCUT2D eigenvalue weighted by molar-refractivity contribution is -0.131. The number of rotatable bonds is 3. The zero-order valence-electron chi connectivity index (χ0n) is 5.87. The summed E-state index contributed by atoms with van der Waals surface area (Å²) in [5, 5.41) is 8.25. The number of aliphatic carboxylic acids is 1. The first kappa shape index (κ1) is 8.69. The smallest absolute Gasteiger partial charge is 0.328 e. The fraction of sp³-hybridized carbons (Fsp3) is 0.125. The summed E-state index contributed by atoms with van der Waals surface area (Å²) in [5.41, 5.74) is 0.701. The van der Waals surface area contributed by atoms with Crippen molar-refractivity contribution in [1.29, 1.82) is 0 Å². The molecule has 0 aromatic heterocycles. The minimum absolute atomic E-state index is 0.701. The summed E-state index contributed by atoms with van der Waals surface area (Å²) in [6, 6.07) is 0. The van der Waals surface area contributed by atoms with Gasteiger partial charge in [-0.3, -0.25) is 0 Å². The molecule has 1 N–H and O–H groups in total. The van der Waals surface area contributed by atoms with E-state index < -0.39 is 5.97 Å². The van der Waals surface area contributed by atoms with Crippen LogP contribution in [0.4, 0.5) is 0 Å². The fourth-order valence-electron chi connectivity index (χ4n) is 0.463. The van der Waals surface area contributed by atoms with Gasteiger partial charge in [0.15, 0.2) is 0 Å². The molecule has 0 aromatic carbocycles. The Labute approximate surface area is 60.2 Å². The van der Waals surface area contributed by atoms with Crippen LogP contribution in [0.15, 0.2) is 36.5 Å². The van der Waals surface area contributed by atoms with E-state index >= 15 is 0 Å². The highest BCUT2D eigenvalue weighted by atomic mass is 16.4. The van der Waals surface area contributed by atoms with E-state index in [-0.39, 0.29) is 0 Å². The van der Waals surface area contributed by atoms with Crippen LogP contribution in [0, 0.1) is 0 Å². The van der Waals surface area contributed by atoms with Crippen molar-refractivity contribution in [2.45, 2.75) is 6.92 Å². The summed E-state index contributed by atoms with van der Waals surface area (Å²) in [6.07, 6.45) is 6.11. The van der Waals surface area contributed by atoms with Gasteiger partial charge in [0.1, 0.15) is 0 Å². The molecule has 0 spiro atoms. The Kier molecular flexibility index (Phi) is 3.96. The number of carboxylic acid groups (broad SMARTS) is 1. The summed E-state index contributed by atoms with van der Waals surface area (Å²) in [6.45, 7) is 5.17. The fourth-order valence-corrected chi connectivity index (χ4v) is 0.463. The van der Waals surface area contributed by atoms with Crippen LogP contribution in [0.1, 0.15) is 6.92 Å². The Balaban J connectivity index is 4.06. The predicted octanol–water partition coefficient (Wildman–Crippen LogP) is 1.76. The highest BCUT2D eigenvalue weighted by Crippen LogP contribution is 1.93. The Morgan fingerprint density at radius 3 is 2.60 bits per heavy atom. The van der Waals surface area contributed by atoms with Crippen LogP contribution < -0.4 is 0 Å². The molecule has 0 rings (SSSR count). The molecule has 0 bridgehead atoms. The standard InChI is InChI=1S/C8H10O2/c1-3-4-5-7(2)6-8(9)10/h3-6H,1H2,2H3,(H,9,10).